The van der Waals surface area contributed by atoms with Crippen molar-refractivity contribution in [2.24, 2.45) is 47.2 Å². The molecule has 1 aliphatic carbocycles. The summed E-state index contributed by atoms with van der Waals surface area (Å²) in [6.45, 7) is 13.8. The number of hydrogen-bond donors (Lipinski definition) is 18. The van der Waals surface area contributed by atoms with Gasteiger partial charge in [-0.05, 0) is 39.7 Å². The Labute approximate surface area is 598 Å². The molecule has 0 radical (unpaired) electrons. The van der Waals surface area contributed by atoms with E-state index in [2.05, 4.69) is 42.5 Å². The molecule has 4 heterocycles. The number of carbonyl (C=O) groups excluding carboxylic acids is 14. The lowest BCUT2D eigenvalue weighted by atomic mass is 9.78. The number of carbonyl (C=O) groups is 14. The molecule has 0 saturated carbocycles. The van der Waals surface area contributed by atoms with Crippen LogP contribution in [0, 0.1) is 48.3 Å². The number of Topliss-reactive ketones (excluding diaryl/α,β-unsaturated/α-hetero) is 4. The van der Waals surface area contributed by atoms with Crippen molar-refractivity contribution >= 4 is 82.3 Å². The fraction of sp³-hybridized carbons (Fsp3) is 0.588. The zero-order valence-corrected chi connectivity index (χ0v) is 60.0. The number of phenols is 1. The van der Waals surface area contributed by atoms with Gasteiger partial charge >= 0.3 is 11.8 Å². The number of allylic oxidation sites excluding steroid dienone is 4. The van der Waals surface area contributed by atoms with E-state index >= 15 is 9.59 Å². The number of esters is 1. The molecule has 104 heavy (non-hydrogen) atoms. The third-order valence-corrected chi connectivity index (χ3v) is 18.9. The maximum Gasteiger partial charge on any atom is 0.312 e. The largest absolute Gasteiger partial charge is 0.507 e. The highest BCUT2D eigenvalue weighted by Gasteiger charge is 2.53. The van der Waals surface area contributed by atoms with Crippen LogP contribution in [-0.2, 0) is 67.0 Å². The fourth-order valence-electron chi connectivity index (χ4n) is 12.0. The Morgan fingerprint density at radius 3 is 1.98 bits per heavy atom. The Hall–Kier alpha value is -9.56. The van der Waals surface area contributed by atoms with Crippen molar-refractivity contribution in [2.75, 3.05) is 33.4 Å². The topological polar surface area (TPSA) is 572 Å². The molecule has 6 rings (SSSR count). The second-order valence-corrected chi connectivity index (χ2v) is 26.9. The lowest BCUT2D eigenvalue weighted by molar-refractivity contribution is -0.160. The number of nitrogens with one attached hydrogen (secondary N) is 9. The number of aliphatic hydroxyl groups is 7. The highest BCUT2D eigenvalue weighted by atomic mass is 16.7. The van der Waals surface area contributed by atoms with Gasteiger partial charge in [-0.2, -0.15) is 0 Å². The molecule has 20 atom stereocenters. The van der Waals surface area contributed by atoms with Crippen molar-refractivity contribution in [3.8, 4) is 11.5 Å². The van der Waals surface area contributed by atoms with Gasteiger partial charge in [0.2, 0.25) is 52.9 Å². The molecule has 11 unspecified atom stereocenters. The summed E-state index contributed by atoms with van der Waals surface area (Å²) < 4.78 is 23.6. The molecule has 36 nitrogen and oxygen atoms in total. The number of β-amino-alcohol motifs (C(OH)–C–C–N with tert-alkyl or cyclic N) is 1. The van der Waals surface area contributed by atoms with Gasteiger partial charge in [0.05, 0.1) is 73.0 Å². The number of aliphatic hydroxyl groups excluding tert-OH is 7. The SMILES string of the molecule is CO[C@H]1/C=C/O[C@@]2(C)Oc3c(C)c(O)c4c(c3C2=O)C(=O)C(NC(C)C(C)C(=O)NCC2NC(=O)CNC(=O)C(O)CNC(=O)C(C(C)O)NC(=O)C(C(O)C(O)C(N)=O)NC(=O)C(C(C)C)CC(=O)C(CO)NC2=O)=C(NC(=O)/C(C)=C\C=C\[C@H](C)[C@H](O)[C@@H](C)[C@@H](O)[C@@H](C)[C@H](OC(C)=O)[C@@H]1C)C4=O. The number of aromatic hydroxyl groups is 1. The van der Waals surface area contributed by atoms with Crippen molar-refractivity contribution in [3.05, 3.63) is 69.8 Å². The van der Waals surface area contributed by atoms with E-state index in [1.165, 1.54) is 86.8 Å². The molecule has 19 N–H and O–H groups in total. The summed E-state index contributed by atoms with van der Waals surface area (Å²) in [6.07, 6.45) is -7.89. The van der Waals surface area contributed by atoms with Crippen LogP contribution in [0.4, 0.5) is 0 Å². The summed E-state index contributed by atoms with van der Waals surface area (Å²) in [7, 11) is 1.33. The molecule has 0 aromatic heterocycles. The summed E-state index contributed by atoms with van der Waals surface area (Å²) >= 11 is 0. The minimum absolute atomic E-state index is 0.109. The van der Waals surface area contributed by atoms with Gasteiger partial charge in [-0.15, -0.1) is 0 Å². The highest BCUT2D eigenvalue weighted by Crippen LogP contribution is 2.49. The molecule has 1 aromatic rings. The molecule has 1 saturated heterocycles. The van der Waals surface area contributed by atoms with Crippen LogP contribution >= 0.6 is 0 Å². The number of amides is 9. The Morgan fingerprint density at radius 2 is 1.39 bits per heavy atom. The monoisotopic (exact) mass is 1470 g/mol. The normalized spacial score (nSPS) is 31.1. The zero-order chi connectivity index (χ0) is 78.6. The van der Waals surface area contributed by atoms with Crippen LogP contribution in [0.15, 0.2) is 47.5 Å². The number of phenolic OH excluding ortho intramolecular Hbond substituents is 1. The highest BCUT2D eigenvalue weighted by molar-refractivity contribution is 6.32. The van der Waals surface area contributed by atoms with E-state index < -0.39 is 281 Å². The molecule has 0 spiro atoms. The van der Waals surface area contributed by atoms with E-state index in [0.717, 1.165) is 13.2 Å². The average Bonchev–Trinajstić information content (AvgIpc) is 1.48. The quantitative estimate of drug-likeness (QED) is 0.0776. The lowest BCUT2D eigenvalue weighted by Gasteiger charge is -2.38. The van der Waals surface area contributed by atoms with E-state index in [1.807, 2.05) is 5.32 Å². The van der Waals surface area contributed by atoms with Crippen LogP contribution < -0.4 is 58.3 Å². The van der Waals surface area contributed by atoms with Crippen LogP contribution in [-0.4, -0.2) is 241 Å². The third-order valence-electron chi connectivity index (χ3n) is 18.9. The van der Waals surface area contributed by atoms with Crippen molar-refractivity contribution in [3.63, 3.8) is 0 Å². The Bertz CT molecular complexity index is 3650. The van der Waals surface area contributed by atoms with Crippen LogP contribution in [0.3, 0.4) is 0 Å². The summed E-state index contributed by atoms with van der Waals surface area (Å²) in [5.74, 6) is -27.3. The number of benzene rings is 1. The first-order valence-electron chi connectivity index (χ1n) is 33.5. The minimum Gasteiger partial charge on any atom is -0.507 e. The molecule has 4 aliphatic heterocycles. The van der Waals surface area contributed by atoms with Gasteiger partial charge in [-0.25, -0.2) is 0 Å². The Kier molecular flexibility index (Phi) is 29.6. The first kappa shape index (κ1) is 85.1. The maximum absolute atomic E-state index is 15.4. The number of ether oxygens (including phenoxy) is 4. The predicted molar refractivity (Wildman–Crippen MR) is 361 cm³/mol. The molecule has 1 aromatic carbocycles. The van der Waals surface area contributed by atoms with Gasteiger partial charge in [0.25, 0.3) is 17.6 Å². The second-order valence-electron chi connectivity index (χ2n) is 26.9. The molecule has 9 amide bonds. The lowest BCUT2D eigenvalue weighted by Crippen LogP contribution is -2.63. The second kappa shape index (κ2) is 36.2. The molecule has 574 valence electrons. The summed E-state index contributed by atoms with van der Waals surface area (Å²) in [6, 6.07) is -9.60. The van der Waals surface area contributed by atoms with Crippen LogP contribution in [0.25, 0.3) is 0 Å². The first-order valence-corrected chi connectivity index (χ1v) is 33.5. The zero-order valence-electron chi connectivity index (χ0n) is 60.0. The minimum atomic E-state index is -2.56. The summed E-state index contributed by atoms with van der Waals surface area (Å²) in [5, 5.41) is 109. The Morgan fingerprint density at radius 1 is 0.760 bits per heavy atom. The molecular weight excluding hydrogens is 1370 g/mol. The summed E-state index contributed by atoms with van der Waals surface area (Å²) in [4.78, 5) is 194. The average molecular weight is 1470 g/mol. The van der Waals surface area contributed by atoms with E-state index in [4.69, 9.17) is 24.7 Å². The van der Waals surface area contributed by atoms with E-state index in [9.17, 15) is 98.4 Å². The van der Waals surface area contributed by atoms with Gasteiger partial charge in [0, 0.05) is 80.7 Å². The Balaban J connectivity index is 1.54. The maximum atomic E-state index is 15.4. The van der Waals surface area contributed by atoms with Crippen LogP contribution in [0.5, 0.6) is 11.5 Å². The molecule has 5 bridgehead atoms. The van der Waals surface area contributed by atoms with Crippen molar-refractivity contribution in [1.29, 1.82) is 0 Å². The fourth-order valence-corrected chi connectivity index (χ4v) is 12.0. The number of nitrogens with two attached hydrogens (primary N) is 1. The molecule has 5 aliphatic rings. The smallest absolute Gasteiger partial charge is 0.312 e. The number of methoxy groups -OCH3 is 1. The molecule has 1 fully saturated rings. The number of primary amides is 1. The van der Waals surface area contributed by atoms with E-state index in [0.29, 0.717) is 0 Å². The van der Waals surface area contributed by atoms with Gasteiger partial charge in [0.1, 0.15) is 65.4 Å². The van der Waals surface area contributed by atoms with Gasteiger partial charge in [-0.1, -0.05) is 66.7 Å². The van der Waals surface area contributed by atoms with Crippen LogP contribution in [0.1, 0.15) is 126 Å². The molecule has 36 heteroatoms. The summed E-state index contributed by atoms with van der Waals surface area (Å²) in [5.41, 5.74) is 1.29. The van der Waals surface area contributed by atoms with Gasteiger partial charge in [-0.3, -0.25) is 67.1 Å². The third kappa shape index (κ3) is 19.8. The number of hydrogen-bond acceptors (Lipinski definition) is 27. The number of ketones is 4. The van der Waals surface area contributed by atoms with E-state index in [1.54, 1.807) is 27.7 Å². The predicted octanol–water partition coefficient (Wildman–Crippen LogP) is -4.95. The first-order chi connectivity index (χ1) is 48.5. The number of fused-ring (bicyclic) bond motifs is 14. The van der Waals surface area contributed by atoms with Gasteiger partial charge < -0.3 is 113 Å². The van der Waals surface area contributed by atoms with Crippen molar-refractivity contribution in [2.45, 2.75) is 181 Å². The van der Waals surface area contributed by atoms with Crippen LogP contribution in [0.2, 0.25) is 0 Å². The molecular formula is C68H96N10O26. The van der Waals surface area contributed by atoms with Gasteiger partial charge in [0.15, 0.2) is 11.9 Å². The van der Waals surface area contributed by atoms with Crippen molar-refractivity contribution < 1.29 is 127 Å². The standard InChI is InChI=1S/C68H96N10O26/c1-25(2)36-20-39(82)38(24-79)75-64(97)37(74-42(84)23-72-65(98)40(83)22-71-66(99)46(34(11)80)76-67(100)49(78-63(36)96)55(90)56(91)60(69)93)21-70-62(95)28(5)33(10)73-47-48-54(89)44-43(53(47)88)45-58(32(9)52(44)87)104-68(13,59(45)92)102-19-18-41(101-14)29(6)57(103-35(12)81)31(8)51(86)30(7)50(85)26(3)16-15-17-27(4)61(94)77-48/h15-19,25-26,28-31,33-34,36-38,40-41,46,49-51,55-57,73,79-80,83,85-87,90-91H,20-24H2,1-14H3,(H2,69,93)(H,70,95)(H,71,99)(H,72,98)(H,74,84)(H,75,97)(H,76,100)(H,77,94)(H,78,96)/b16-15+,19-18+,27-17-/t26-,28?,29+,30+,31+,33?,34?,36?,37?,38?,40?,41-,46?,49?,50-,51+,55?,56?,57+,68-/m0/s1. The van der Waals surface area contributed by atoms with Crippen molar-refractivity contribution in [1.82, 2.24) is 47.9 Å². The van der Waals surface area contributed by atoms with E-state index in [-0.39, 0.29) is 11.1 Å². The number of rotatable bonds is 14.